The minimum Gasteiger partial charge on any atom is -0.490 e. The van der Waals surface area contributed by atoms with E-state index < -0.39 is 0 Å². The highest BCUT2D eigenvalue weighted by molar-refractivity contribution is 5.64. The topological polar surface area (TPSA) is 54.4 Å². The molecule has 5 heteroatoms. The molecule has 2 rings (SSSR count). The Balaban J connectivity index is 2.29. The van der Waals surface area contributed by atoms with E-state index in [-0.39, 0.29) is 37.0 Å². The van der Waals surface area contributed by atoms with Crippen LogP contribution in [0.1, 0.15) is 44.5 Å². The first-order chi connectivity index (χ1) is 12.7. The minimum absolute atomic E-state index is 0.00861. The van der Waals surface area contributed by atoms with Gasteiger partial charge in [-0.2, -0.15) is 0 Å². The first kappa shape index (κ1) is 21.3. The second-order valence-corrected chi connectivity index (χ2v) is 7.64. The summed E-state index contributed by atoms with van der Waals surface area (Å²) in [6.07, 6.45) is 0.107. The van der Waals surface area contributed by atoms with E-state index in [0.717, 1.165) is 28.1 Å². The Morgan fingerprint density at radius 1 is 1.11 bits per heavy atom. The van der Waals surface area contributed by atoms with E-state index in [2.05, 4.69) is 10.3 Å². The number of aliphatic hydroxyl groups excluding tert-OH is 1. The van der Waals surface area contributed by atoms with Crippen LogP contribution in [-0.2, 0) is 6.54 Å². The number of hydrogen-bond acceptors (Lipinski definition) is 4. The van der Waals surface area contributed by atoms with Gasteiger partial charge in [-0.25, -0.2) is 9.37 Å². The largest absolute Gasteiger partial charge is 0.490 e. The number of aryl methyl sites for hydroxylation is 2. The Morgan fingerprint density at radius 3 is 2.26 bits per heavy atom. The molecule has 148 valence electrons. The predicted octanol–water partition coefficient (Wildman–Crippen LogP) is 4.40. The molecule has 1 heterocycles. The van der Waals surface area contributed by atoms with E-state index in [1.807, 2.05) is 53.7 Å². The second-order valence-electron chi connectivity index (χ2n) is 7.64. The van der Waals surface area contributed by atoms with Gasteiger partial charge in [-0.1, -0.05) is 13.8 Å². The zero-order valence-corrected chi connectivity index (χ0v) is 17.1. The van der Waals surface area contributed by atoms with Crippen molar-refractivity contribution in [3.05, 3.63) is 46.9 Å². The number of ether oxygens (including phenoxy) is 1. The molecule has 2 aromatic rings. The molecule has 0 spiro atoms. The van der Waals surface area contributed by atoms with Crippen molar-refractivity contribution in [2.24, 2.45) is 5.92 Å². The Bertz CT molecular complexity index is 752. The number of pyridine rings is 1. The van der Waals surface area contributed by atoms with Gasteiger partial charge in [0.15, 0.2) is 0 Å². The number of aliphatic hydroxyl groups is 1. The van der Waals surface area contributed by atoms with Gasteiger partial charge in [0.25, 0.3) is 0 Å². The molecule has 2 N–H and O–H groups in total. The van der Waals surface area contributed by atoms with Crippen LogP contribution in [-0.4, -0.2) is 28.8 Å². The van der Waals surface area contributed by atoms with Crippen LogP contribution >= 0.6 is 0 Å². The van der Waals surface area contributed by atoms with E-state index in [9.17, 15) is 9.50 Å². The highest BCUT2D eigenvalue weighted by Crippen LogP contribution is 2.30. The van der Waals surface area contributed by atoms with Crippen molar-refractivity contribution in [1.29, 1.82) is 0 Å². The monoisotopic (exact) mass is 374 g/mol. The van der Waals surface area contributed by atoms with Crippen LogP contribution < -0.4 is 10.1 Å². The quantitative estimate of drug-likeness (QED) is 0.719. The predicted molar refractivity (Wildman–Crippen MR) is 107 cm³/mol. The van der Waals surface area contributed by atoms with Gasteiger partial charge in [0.2, 0.25) is 0 Å². The standard InChI is InChI=1S/C22H31FN2O2/c1-13(2)21(12-26)24-11-20-18(23)7-8-19(25-20)17-9-15(5)22(16(6)10-17)27-14(3)4/h7-10,13-14,21,24,26H,11-12H2,1-6H3/t21-/m0/s1. The molecule has 0 unspecified atom stereocenters. The van der Waals surface area contributed by atoms with E-state index in [4.69, 9.17) is 4.74 Å². The SMILES string of the molecule is Cc1cc(-c2ccc(F)c(CN[C@@H](CO)C(C)C)n2)cc(C)c1OC(C)C. The lowest BCUT2D eigenvalue weighted by molar-refractivity contribution is 0.209. The van der Waals surface area contributed by atoms with E-state index in [0.29, 0.717) is 5.69 Å². The van der Waals surface area contributed by atoms with Crippen molar-refractivity contribution in [2.75, 3.05) is 6.61 Å². The summed E-state index contributed by atoms with van der Waals surface area (Å²) in [5.74, 6) is 0.792. The maximum atomic E-state index is 14.2. The number of aromatic nitrogens is 1. The molecule has 1 atom stereocenters. The molecule has 0 saturated carbocycles. The van der Waals surface area contributed by atoms with Crippen LogP contribution in [0, 0.1) is 25.6 Å². The molecule has 1 aromatic heterocycles. The van der Waals surface area contributed by atoms with Gasteiger partial charge in [0.1, 0.15) is 11.6 Å². The van der Waals surface area contributed by atoms with Crippen LogP contribution in [0.25, 0.3) is 11.3 Å². The summed E-state index contributed by atoms with van der Waals surface area (Å²) in [6.45, 7) is 12.3. The van der Waals surface area contributed by atoms with Gasteiger partial charge in [-0.05, 0) is 69.0 Å². The lowest BCUT2D eigenvalue weighted by Gasteiger charge is -2.20. The van der Waals surface area contributed by atoms with Gasteiger partial charge in [0, 0.05) is 18.2 Å². The molecule has 1 aromatic carbocycles. The molecule has 0 aliphatic rings. The third-order valence-electron chi connectivity index (χ3n) is 4.56. The van der Waals surface area contributed by atoms with Crippen LogP contribution in [0.15, 0.2) is 24.3 Å². The van der Waals surface area contributed by atoms with Crippen molar-refractivity contribution in [3.8, 4) is 17.0 Å². The third-order valence-corrected chi connectivity index (χ3v) is 4.56. The van der Waals surface area contributed by atoms with Crippen molar-refractivity contribution < 1.29 is 14.2 Å². The lowest BCUT2D eigenvalue weighted by atomic mass is 10.0. The number of nitrogens with one attached hydrogen (secondary N) is 1. The number of rotatable bonds is 8. The Kier molecular flexibility index (Phi) is 7.33. The van der Waals surface area contributed by atoms with Gasteiger partial charge in [-0.3, -0.25) is 0 Å². The molecule has 4 nitrogen and oxygen atoms in total. The van der Waals surface area contributed by atoms with Crippen molar-refractivity contribution in [2.45, 2.75) is 60.2 Å². The van der Waals surface area contributed by atoms with Gasteiger partial charge in [0.05, 0.1) is 24.1 Å². The van der Waals surface area contributed by atoms with Gasteiger partial charge >= 0.3 is 0 Å². The maximum Gasteiger partial charge on any atom is 0.146 e. The molecule has 0 fully saturated rings. The minimum atomic E-state index is -0.347. The van der Waals surface area contributed by atoms with Crippen molar-refractivity contribution >= 4 is 0 Å². The summed E-state index contributed by atoms with van der Waals surface area (Å²) in [4.78, 5) is 4.52. The zero-order valence-electron chi connectivity index (χ0n) is 17.1. The fourth-order valence-electron chi connectivity index (χ4n) is 3.03. The summed E-state index contributed by atoms with van der Waals surface area (Å²) in [5.41, 5.74) is 4.07. The summed E-state index contributed by atoms with van der Waals surface area (Å²) < 4.78 is 20.1. The summed E-state index contributed by atoms with van der Waals surface area (Å²) in [6, 6.07) is 7.10. The van der Waals surface area contributed by atoms with Crippen LogP contribution in [0.2, 0.25) is 0 Å². The normalized spacial score (nSPS) is 12.7. The number of hydrogen-bond donors (Lipinski definition) is 2. The maximum absolute atomic E-state index is 14.2. The number of halogens is 1. The Hall–Kier alpha value is -1.98. The molecule has 0 amide bonds. The van der Waals surface area contributed by atoms with E-state index in [1.54, 1.807) is 6.07 Å². The highest BCUT2D eigenvalue weighted by atomic mass is 19.1. The molecular weight excluding hydrogens is 343 g/mol. The smallest absolute Gasteiger partial charge is 0.146 e. The number of benzene rings is 1. The van der Waals surface area contributed by atoms with Crippen LogP contribution in [0.5, 0.6) is 5.75 Å². The summed E-state index contributed by atoms with van der Waals surface area (Å²) in [7, 11) is 0. The average molecular weight is 375 g/mol. The van der Waals surface area contributed by atoms with Crippen molar-refractivity contribution in [3.63, 3.8) is 0 Å². The Morgan fingerprint density at radius 2 is 1.74 bits per heavy atom. The first-order valence-corrected chi connectivity index (χ1v) is 9.50. The fourth-order valence-corrected chi connectivity index (χ4v) is 3.03. The summed E-state index contributed by atoms with van der Waals surface area (Å²) >= 11 is 0. The number of nitrogens with zero attached hydrogens (tertiary/aromatic N) is 1. The molecule has 0 saturated heterocycles. The second kappa shape index (κ2) is 9.29. The van der Waals surface area contributed by atoms with Gasteiger partial charge < -0.3 is 15.2 Å². The molecule has 0 radical (unpaired) electrons. The zero-order chi connectivity index (χ0) is 20.1. The third kappa shape index (κ3) is 5.50. The molecule has 0 aliphatic carbocycles. The lowest BCUT2D eigenvalue weighted by Crippen LogP contribution is -2.36. The van der Waals surface area contributed by atoms with Crippen LogP contribution in [0.3, 0.4) is 0 Å². The highest BCUT2D eigenvalue weighted by Gasteiger charge is 2.15. The average Bonchev–Trinajstić information content (AvgIpc) is 2.59. The molecule has 0 bridgehead atoms. The molecule has 27 heavy (non-hydrogen) atoms. The fraction of sp³-hybridized carbons (Fsp3) is 0.500. The molecular formula is C22H31FN2O2. The molecule has 0 aliphatic heterocycles. The van der Waals surface area contributed by atoms with Crippen molar-refractivity contribution in [1.82, 2.24) is 10.3 Å². The summed E-state index contributed by atoms with van der Waals surface area (Å²) in [5, 5.41) is 12.6. The first-order valence-electron chi connectivity index (χ1n) is 9.50. The van der Waals surface area contributed by atoms with E-state index >= 15 is 0 Å². The van der Waals surface area contributed by atoms with Crippen LogP contribution in [0.4, 0.5) is 4.39 Å². The van der Waals surface area contributed by atoms with Gasteiger partial charge in [-0.15, -0.1) is 0 Å². The Labute approximate surface area is 161 Å². The van der Waals surface area contributed by atoms with E-state index in [1.165, 1.54) is 6.07 Å².